The fraction of sp³-hybridized carbons (Fsp3) is 0. The van der Waals surface area contributed by atoms with E-state index < -0.39 is 0 Å². The highest BCUT2D eigenvalue weighted by molar-refractivity contribution is 7.13. The summed E-state index contributed by atoms with van der Waals surface area (Å²) in [5, 5.41) is 10.8. The molecule has 0 saturated heterocycles. The van der Waals surface area contributed by atoms with Crippen LogP contribution in [0.1, 0.15) is 10.4 Å². The monoisotopic (exact) mass is 269 g/mol. The van der Waals surface area contributed by atoms with E-state index in [2.05, 4.69) is 20.9 Å². The van der Waals surface area contributed by atoms with Gasteiger partial charge in [0, 0.05) is 5.02 Å². The molecule has 4 N–H and O–H groups in total. The number of carbonyl (C=O) groups excluding carboxylic acids is 1. The molecule has 0 aliphatic carbocycles. The van der Waals surface area contributed by atoms with Crippen LogP contribution in [0, 0.1) is 0 Å². The van der Waals surface area contributed by atoms with Gasteiger partial charge in [-0.2, -0.15) is 0 Å². The average molecular weight is 270 g/mol. The predicted molar refractivity (Wildman–Crippen MR) is 67.1 cm³/mol. The number of carbonyl (C=O) groups is 1. The number of anilines is 2. The Morgan fingerprint density at radius 1 is 1.47 bits per heavy atom. The molecule has 0 spiro atoms. The summed E-state index contributed by atoms with van der Waals surface area (Å²) >= 11 is 7.05. The van der Waals surface area contributed by atoms with Gasteiger partial charge in [-0.3, -0.25) is 16.0 Å². The topological polar surface area (TPSA) is 92.9 Å². The van der Waals surface area contributed by atoms with Crippen LogP contribution in [-0.2, 0) is 0 Å². The average Bonchev–Trinajstić information content (AvgIpc) is 2.81. The number of nitrogens with two attached hydrogens (primary N) is 1. The molecular weight excluding hydrogens is 262 g/mol. The van der Waals surface area contributed by atoms with E-state index in [1.807, 2.05) is 0 Å². The summed E-state index contributed by atoms with van der Waals surface area (Å²) < 4.78 is 0. The highest BCUT2D eigenvalue weighted by atomic mass is 35.5. The van der Waals surface area contributed by atoms with Crippen molar-refractivity contribution in [1.82, 2.24) is 10.2 Å². The number of nitrogens with zero attached hydrogens (tertiary/aromatic N) is 2. The summed E-state index contributed by atoms with van der Waals surface area (Å²) in [5.41, 5.74) is 4.78. The molecule has 0 unspecified atom stereocenters. The first-order valence-corrected chi connectivity index (χ1v) is 5.80. The van der Waals surface area contributed by atoms with Crippen molar-refractivity contribution in [1.29, 1.82) is 0 Å². The van der Waals surface area contributed by atoms with Crippen LogP contribution in [-0.4, -0.2) is 16.1 Å². The Morgan fingerprint density at radius 3 is 2.94 bits per heavy atom. The number of hydrazine groups is 1. The van der Waals surface area contributed by atoms with E-state index >= 15 is 0 Å². The molecule has 1 aromatic heterocycles. The number of benzene rings is 1. The number of nitrogen functional groups attached to an aromatic ring is 1. The van der Waals surface area contributed by atoms with Gasteiger partial charge < -0.3 is 5.43 Å². The molecule has 1 heterocycles. The van der Waals surface area contributed by atoms with Gasteiger partial charge in [0.25, 0.3) is 5.91 Å². The third-order valence-electron chi connectivity index (χ3n) is 1.96. The van der Waals surface area contributed by atoms with Crippen molar-refractivity contribution in [2.24, 2.45) is 5.84 Å². The van der Waals surface area contributed by atoms with E-state index in [0.717, 1.165) is 0 Å². The van der Waals surface area contributed by atoms with Gasteiger partial charge in [0.05, 0.1) is 11.3 Å². The molecule has 88 valence electrons. The van der Waals surface area contributed by atoms with Gasteiger partial charge in [-0.25, -0.2) is 0 Å². The molecule has 17 heavy (non-hydrogen) atoms. The summed E-state index contributed by atoms with van der Waals surface area (Å²) in [6.45, 7) is 0. The Hall–Kier alpha value is -1.70. The second-order valence-electron chi connectivity index (χ2n) is 3.03. The minimum Gasteiger partial charge on any atom is -0.323 e. The molecule has 0 radical (unpaired) electrons. The Labute approximate surface area is 106 Å². The summed E-state index contributed by atoms with van der Waals surface area (Å²) in [6, 6.07) is 4.78. The number of aromatic nitrogens is 2. The first kappa shape index (κ1) is 11.8. The number of halogens is 1. The fourth-order valence-electron chi connectivity index (χ4n) is 1.22. The summed E-state index contributed by atoms with van der Waals surface area (Å²) in [4.78, 5) is 11.9. The van der Waals surface area contributed by atoms with Gasteiger partial charge in [-0.1, -0.05) is 22.9 Å². The Kier molecular flexibility index (Phi) is 3.52. The van der Waals surface area contributed by atoms with Gasteiger partial charge in [0.2, 0.25) is 5.13 Å². The SMILES string of the molecule is NNc1ccc(Cl)cc1C(=O)Nc1nncs1. The first-order valence-electron chi connectivity index (χ1n) is 4.54. The molecule has 0 fully saturated rings. The summed E-state index contributed by atoms with van der Waals surface area (Å²) in [7, 11) is 0. The molecule has 1 amide bonds. The smallest absolute Gasteiger partial charge is 0.259 e. The van der Waals surface area contributed by atoms with E-state index in [1.165, 1.54) is 22.9 Å². The lowest BCUT2D eigenvalue weighted by Crippen LogP contribution is -2.17. The summed E-state index contributed by atoms with van der Waals surface area (Å²) in [6.07, 6.45) is 0. The number of rotatable bonds is 3. The van der Waals surface area contributed by atoms with E-state index in [-0.39, 0.29) is 5.91 Å². The normalized spacial score (nSPS) is 10.0. The maximum Gasteiger partial charge on any atom is 0.259 e. The van der Waals surface area contributed by atoms with Crippen LogP contribution in [0.25, 0.3) is 0 Å². The Morgan fingerprint density at radius 2 is 2.29 bits per heavy atom. The quantitative estimate of drug-likeness (QED) is 0.583. The predicted octanol–water partition coefficient (Wildman–Crippen LogP) is 1.73. The second kappa shape index (κ2) is 5.09. The lowest BCUT2D eigenvalue weighted by atomic mass is 10.1. The van der Waals surface area contributed by atoms with Crippen LogP contribution < -0.4 is 16.6 Å². The molecular formula is C9H8ClN5OS. The molecule has 0 saturated carbocycles. The standard InChI is InChI=1S/C9H8ClN5OS/c10-5-1-2-7(14-11)6(3-5)8(16)13-9-15-12-4-17-9/h1-4,14H,11H2,(H,13,15,16). The number of nitrogens with one attached hydrogen (secondary N) is 2. The van der Waals surface area contributed by atoms with E-state index in [0.29, 0.717) is 21.4 Å². The van der Waals surface area contributed by atoms with Crippen molar-refractivity contribution in [3.8, 4) is 0 Å². The largest absolute Gasteiger partial charge is 0.323 e. The van der Waals surface area contributed by atoms with Crippen LogP contribution in [0.5, 0.6) is 0 Å². The van der Waals surface area contributed by atoms with E-state index in [9.17, 15) is 4.79 Å². The van der Waals surface area contributed by atoms with Crippen LogP contribution in [0.2, 0.25) is 5.02 Å². The minimum atomic E-state index is -0.350. The van der Waals surface area contributed by atoms with Crippen molar-refractivity contribution >= 4 is 39.7 Å². The lowest BCUT2D eigenvalue weighted by Gasteiger charge is -2.08. The Balaban J connectivity index is 2.26. The fourth-order valence-corrected chi connectivity index (χ4v) is 1.83. The van der Waals surface area contributed by atoms with Gasteiger partial charge >= 0.3 is 0 Å². The summed E-state index contributed by atoms with van der Waals surface area (Å²) in [5.74, 6) is 4.96. The molecule has 8 heteroatoms. The van der Waals surface area contributed by atoms with Crippen molar-refractivity contribution in [2.75, 3.05) is 10.7 Å². The van der Waals surface area contributed by atoms with Crippen LogP contribution >= 0.6 is 22.9 Å². The van der Waals surface area contributed by atoms with Crippen molar-refractivity contribution in [2.45, 2.75) is 0 Å². The van der Waals surface area contributed by atoms with Gasteiger partial charge in [0.1, 0.15) is 5.51 Å². The van der Waals surface area contributed by atoms with Crippen LogP contribution in [0.3, 0.4) is 0 Å². The zero-order valence-corrected chi connectivity index (χ0v) is 10.0. The zero-order valence-electron chi connectivity index (χ0n) is 8.48. The van der Waals surface area contributed by atoms with E-state index in [1.54, 1.807) is 12.1 Å². The second-order valence-corrected chi connectivity index (χ2v) is 4.30. The maximum absolute atomic E-state index is 11.9. The van der Waals surface area contributed by atoms with Crippen molar-refractivity contribution in [3.63, 3.8) is 0 Å². The highest BCUT2D eigenvalue weighted by Gasteiger charge is 2.13. The van der Waals surface area contributed by atoms with Gasteiger partial charge in [-0.05, 0) is 18.2 Å². The molecule has 2 aromatic rings. The molecule has 0 aliphatic heterocycles. The maximum atomic E-state index is 11.9. The third kappa shape index (κ3) is 2.70. The van der Waals surface area contributed by atoms with Crippen molar-refractivity contribution < 1.29 is 4.79 Å². The van der Waals surface area contributed by atoms with Gasteiger partial charge in [-0.15, -0.1) is 10.2 Å². The number of amides is 1. The molecule has 0 bridgehead atoms. The third-order valence-corrected chi connectivity index (χ3v) is 2.80. The lowest BCUT2D eigenvalue weighted by molar-refractivity contribution is 0.102. The number of hydrogen-bond acceptors (Lipinski definition) is 6. The first-order chi connectivity index (χ1) is 8.20. The number of hydrogen-bond donors (Lipinski definition) is 3. The van der Waals surface area contributed by atoms with E-state index in [4.69, 9.17) is 17.4 Å². The van der Waals surface area contributed by atoms with Crippen LogP contribution in [0.15, 0.2) is 23.7 Å². The molecule has 2 rings (SSSR count). The molecule has 1 aromatic carbocycles. The van der Waals surface area contributed by atoms with Crippen LogP contribution in [0.4, 0.5) is 10.8 Å². The highest BCUT2D eigenvalue weighted by Crippen LogP contribution is 2.21. The molecule has 6 nitrogen and oxygen atoms in total. The molecule has 0 atom stereocenters. The van der Waals surface area contributed by atoms with Crippen molar-refractivity contribution in [3.05, 3.63) is 34.3 Å². The molecule has 0 aliphatic rings. The van der Waals surface area contributed by atoms with Gasteiger partial charge in [0.15, 0.2) is 0 Å². The minimum absolute atomic E-state index is 0.343. The Bertz CT molecular complexity index is 530. The zero-order chi connectivity index (χ0) is 12.3.